The van der Waals surface area contributed by atoms with E-state index < -0.39 is 0 Å². The molecule has 4 aliphatic rings. The number of piperidine rings is 1. The van der Waals surface area contributed by atoms with Crippen LogP contribution in [-0.4, -0.2) is 39.4 Å². The highest BCUT2D eigenvalue weighted by Gasteiger charge is 2.55. The van der Waals surface area contributed by atoms with Gasteiger partial charge in [-0.05, 0) is 49.9 Å². The second kappa shape index (κ2) is 5.18. The lowest BCUT2D eigenvalue weighted by molar-refractivity contribution is -0.150. The van der Waals surface area contributed by atoms with Crippen molar-refractivity contribution in [2.24, 2.45) is 0 Å². The maximum atomic E-state index is 4.91. The number of para-hydroxylation sites is 1. The minimum absolute atomic E-state index is 0.150. The van der Waals surface area contributed by atoms with E-state index in [1.54, 1.807) is 5.56 Å². The summed E-state index contributed by atoms with van der Waals surface area (Å²) in [5.74, 6) is 0. The fraction of sp³-hybridized carbons (Fsp3) is 0.409. The van der Waals surface area contributed by atoms with Crippen LogP contribution in [0.25, 0.3) is 10.9 Å². The number of fused-ring (bicyclic) bond motifs is 5. The minimum atomic E-state index is 0.150. The molecule has 1 N–H and O–H groups in total. The molecule has 132 valence electrons. The Morgan fingerprint density at radius 3 is 2.73 bits per heavy atom. The normalized spacial score (nSPS) is 30.3. The van der Waals surface area contributed by atoms with Gasteiger partial charge >= 0.3 is 0 Å². The molecule has 2 bridgehead atoms. The molecule has 1 atom stereocenters. The fourth-order valence-corrected chi connectivity index (χ4v) is 5.73. The van der Waals surface area contributed by atoms with Crippen LogP contribution in [0.3, 0.4) is 0 Å². The standard InChI is InChI=1S/C22H24N4/c1-15-5-4-8-19(23-15)21-25-13-10-22(11-14-25)20-17(9-12-26(21)22)16-6-2-3-7-18(16)24-20/h2-8,21,24H,9-14H2,1H3/t21-/m1/s1. The van der Waals surface area contributed by atoms with Gasteiger partial charge in [0.2, 0.25) is 0 Å². The van der Waals surface area contributed by atoms with Crippen LogP contribution < -0.4 is 0 Å². The van der Waals surface area contributed by atoms with Crippen LogP contribution in [0, 0.1) is 6.92 Å². The van der Waals surface area contributed by atoms with Gasteiger partial charge < -0.3 is 4.98 Å². The second-order valence-corrected chi connectivity index (χ2v) is 8.11. The number of aryl methyl sites for hydroxylation is 1. The summed E-state index contributed by atoms with van der Waals surface area (Å²) < 4.78 is 0. The quantitative estimate of drug-likeness (QED) is 0.730. The Kier molecular flexibility index (Phi) is 2.98. The monoisotopic (exact) mass is 344 g/mol. The van der Waals surface area contributed by atoms with Gasteiger partial charge in [-0.2, -0.15) is 0 Å². The number of nitrogens with zero attached hydrogens (tertiary/aromatic N) is 3. The van der Waals surface area contributed by atoms with E-state index in [1.165, 1.54) is 35.1 Å². The third-order valence-electron chi connectivity index (χ3n) is 6.87. The third kappa shape index (κ3) is 1.84. The molecule has 4 nitrogen and oxygen atoms in total. The lowest BCUT2D eigenvalue weighted by atomic mass is 9.74. The largest absolute Gasteiger partial charge is 0.357 e. The van der Waals surface area contributed by atoms with Crippen molar-refractivity contribution in [1.82, 2.24) is 19.8 Å². The molecule has 1 aromatic carbocycles. The van der Waals surface area contributed by atoms with Crippen LogP contribution in [0.1, 0.15) is 41.7 Å². The van der Waals surface area contributed by atoms with E-state index in [-0.39, 0.29) is 5.54 Å². The summed E-state index contributed by atoms with van der Waals surface area (Å²) in [6.07, 6.45) is 3.87. The van der Waals surface area contributed by atoms with Crippen molar-refractivity contribution in [1.29, 1.82) is 0 Å². The zero-order chi connectivity index (χ0) is 17.3. The first-order valence-corrected chi connectivity index (χ1v) is 9.81. The van der Waals surface area contributed by atoms with Crippen LogP contribution in [-0.2, 0) is 12.0 Å². The first-order chi connectivity index (χ1) is 12.8. The Balaban J connectivity index is 1.53. The Morgan fingerprint density at radius 2 is 1.88 bits per heavy atom. The molecule has 2 aromatic heterocycles. The number of pyridine rings is 1. The summed E-state index contributed by atoms with van der Waals surface area (Å²) >= 11 is 0. The topological polar surface area (TPSA) is 35.2 Å². The van der Waals surface area contributed by atoms with Crippen molar-refractivity contribution in [3.05, 3.63) is 65.1 Å². The molecular formula is C22H24N4. The number of aromatic nitrogens is 2. The van der Waals surface area contributed by atoms with Crippen molar-refractivity contribution in [3.8, 4) is 0 Å². The van der Waals surface area contributed by atoms with Crippen molar-refractivity contribution in [2.45, 2.75) is 37.9 Å². The summed E-state index contributed by atoms with van der Waals surface area (Å²) in [4.78, 5) is 14.1. The van der Waals surface area contributed by atoms with E-state index in [4.69, 9.17) is 4.98 Å². The molecule has 3 aromatic rings. The number of hydrogen-bond donors (Lipinski definition) is 1. The van der Waals surface area contributed by atoms with Gasteiger partial charge in [0.05, 0.1) is 11.2 Å². The van der Waals surface area contributed by atoms with Crippen molar-refractivity contribution < 1.29 is 0 Å². The van der Waals surface area contributed by atoms with Gasteiger partial charge in [0, 0.05) is 41.9 Å². The van der Waals surface area contributed by atoms with E-state index in [0.717, 1.165) is 31.7 Å². The first-order valence-electron chi connectivity index (χ1n) is 9.81. The van der Waals surface area contributed by atoms with Gasteiger partial charge in [0.15, 0.2) is 0 Å². The van der Waals surface area contributed by atoms with E-state index in [2.05, 4.69) is 64.2 Å². The number of rotatable bonds is 1. The second-order valence-electron chi connectivity index (χ2n) is 8.11. The van der Waals surface area contributed by atoms with E-state index in [1.807, 2.05) is 0 Å². The summed E-state index contributed by atoms with van der Waals surface area (Å²) in [6, 6.07) is 15.3. The number of aromatic amines is 1. The van der Waals surface area contributed by atoms with Crippen LogP contribution in [0.15, 0.2) is 42.5 Å². The molecule has 3 saturated heterocycles. The number of nitrogens with one attached hydrogen (secondary N) is 1. The Bertz CT molecular complexity index is 996. The van der Waals surface area contributed by atoms with Gasteiger partial charge in [-0.1, -0.05) is 24.3 Å². The van der Waals surface area contributed by atoms with E-state index >= 15 is 0 Å². The summed E-state index contributed by atoms with van der Waals surface area (Å²) in [7, 11) is 0. The molecule has 0 saturated carbocycles. The fourth-order valence-electron chi connectivity index (χ4n) is 5.73. The number of hydrogen-bond acceptors (Lipinski definition) is 3. The predicted molar refractivity (Wildman–Crippen MR) is 103 cm³/mol. The van der Waals surface area contributed by atoms with Crippen LogP contribution in [0.5, 0.6) is 0 Å². The van der Waals surface area contributed by atoms with Crippen LogP contribution >= 0.6 is 0 Å². The first kappa shape index (κ1) is 14.9. The lowest BCUT2D eigenvalue weighted by Gasteiger charge is -2.61. The molecule has 26 heavy (non-hydrogen) atoms. The zero-order valence-electron chi connectivity index (χ0n) is 15.2. The number of H-pyrrole nitrogens is 1. The van der Waals surface area contributed by atoms with Crippen molar-refractivity contribution in [3.63, 3.8) is 0 Å². The van der Waals surface area contributed by atoms with Crippen LogP contribution in [0.4, 0.5) is 0 Å². The number of benzene rings is 1. The Morgan fingerprint density at radius 1 is 1.04 bits per heavy atom. The van der Waals surface area contributed by atoms with Crippen molar-refractivity contribution >= 4 is 10.9 Å². The minimum Gasteiger partial charge on any atom is -0.357 e. The van der Waals surface area contributed by atoms with Gasteiger partial charge in [0.25, 0.3) is 0 Å². The summed E-state index contributed by atoms with van der Waals surface area (Å²) in [6.45, 7) is 5.53. The van der Waals surface area contributed by atoms with Gasteiger partial charge in [-0.25, -0.2) is 0 Å². The third-order valence-corrected chi connectivity index (χ3v) is 6.87. The highest BCUT2D eigenvalue weighted by Crippen LogP contribution is 2.53. The Hall–Kier alpha value is -2.17. The molecule has 0 radical (unpaired) electrons. The van der Waals surface area contributed by atoms with Crippen molar-refractivity contribution in [2.75, 3.05) is 19.6 Å². The molecule has 3 fully saturated rings. The predicted octanol–water partition coefficient (Wildman–Crippen LogP) is 3.73. The van der Waals surface area contributed by atoms with E-state index in [9.17, 15) is 0 Å². The van der Waals surface area contributed by atoms with Gasteiger partial charge in [-0.3, -0.25) is 14.8 Å². The maximum Gasteiger partial charge on any atom is 0.107 e. The highest BCUT2D eigenvalue weighted by molar-refractivity contribution is 5.85. The summed E-state index contributed by atoms with van der Waals surface area (Å²) in [5.41, 5.74) is 6.82. The SMILES string of the molecule is Cc1cccc([C@@H]2N3CCC4(CC3)c3[nH]c5ccccc5c3CCN24)n1. The molecular weight excluding hydrogens is 320 g/mol. The van der Waals surface area contributed by atoms with Gasteiger partial charge in [-0.15, -0.1) is 0 Å². The summed E-state index contributed by atoms with van der Waals surface area (Å²) in [5, 5.41) is 1.43. The molecule has 4 aliphatic heterocycles. The molecule has 0 unspecified atom stereocenters. The molecule has 6 heterocycles. The Labute approximate surface area is 153 Å². The van der Waals surface area contributed by atoms with Crippen LogP contribution in [0.2, 0.25) is 0 Å². The zero-order valence-corrected chi connectivity index (χ0v) is 15.2. The molecule has 7 rings (SSSR count). The molecule has 0 amide bonds. The van der Waals surface area contributed by atoms with E-state index in [0.29, 0.717) is 6.17 Å². The smallest absolute Gasteiger partial charge is 0.107 e. The molecule has 4 heteroatoms. The average molecular weight is 344 g/mol. The molecule has 1 spiro atoms. The highest BCUT2D eigenvalue weighted by atomic mass is 15.4. The maximum absolute atomic E-state index is 4.91. The molecule has 0 aliphatic carbocycles. The average Bonchev–Trinajstić information content (AvgIpc) is 3.07. The van der Waals surface area contributed by atoms with Gasteiger partial charge in [0.1, 0.15) is 6.17 Å². The lowest BCUT2D eigenvalue weighted by Crippen LogP contribution is -2.66.